The molecule has 0 saturated heterocycles. The number of hydrogen-bond donors (Lipinski definition) is 0. The molecule has 0 aliphatic carbocycles. The van der Waals surface area contributed by atoms with Crippen LogP contribution in [-0.4, -0.2) is 39.8 Å². The molecule has 3 heterocycles. The molecular weight excluding hydrogens is 406 g/mol. The fourth-order valence-corrected chi connectivity index (χ4v) is 3.57. The van der Waals surface area contributed by atoms with E-state index >= 15 is 0 Å². The van der Waals surface area contributed by atoms with Crippen molar-refractivity contribution in [3.8, 4) is 0 Å². The van der Waals surface area contributed by atoms with E-state index in [0.29, 0.717) is 22.5 Å². The molecule has 12 heteroatoms. The molecule has 12 nitrogen and oxygen atoms in total. The Balaban J connectivity index is 1.62. The summed E-state index contributed by atoms with van der Waals surface area (Å²) in [7, 11) is 1.60. The molecule has 0 spiro atoms. The quantitative estimate of drug-likeness (QED) is 0.265. The van der Waals surface area contributed by atoms with Gasteiger partial charge in [-0.3, -0.25) is 33.4 Å². The van der Waals surface area contributed by atoms with Crippen LogP contribution in [-0.2, 0) is 29.7 Å². The Hall–Kier alpha value is -4.09. The van der Waals surface area contributed by atoms with Crippen molar-refractivity contribution in [3.63, 3.8) is 0 Å². The number of rotatable bonds is 5. The summed E-state index contributed by atoms with van der Waals surface area (Å²) >= 11 is 0. The molecule has 0 amide bonds. The van der Waals surface area contributed by atoms with Gasteiger partial charge in [0.2, 0.25) is 5.78 Å². The lowest BCUT2D eigenvalue weighted by Crippen LogP contribution is -2.21. The van der Waals surface area contributed by atoms with Gasteiger partial charge in [0.05, 0.1) is 15.8 Å². The van der Waals surface area contributed by atoms with Crippen LogP contribution in [0.3, 0.4) is 0 Å². The Labute approximate surface area is 174 Å². The average Bonchev–Trinajstić information content (AvgIpc) is 3.25. The van der Waals surface area contributed by atoms with Crippen LogP contribution in [0.4, 0.5) is 5.69 Å². The second-order valence-corrected chi connectivity index (χ2v) is 7.23. The lowest BCUT2D eigenvalue weighted by Gasteiger charge is -2.09. The fraction of sp³-hybridized carbons (Fsp3) is 0.316. The molecule has 0 saturated carbocycles. The molecule has 0 bridgehead atoms. The monoisotopic (exact) mass is 425 g/mol. The second-order valence-electron chi connectivity index (χ2n) is 7.23. The topological polar surface area (TPSA) is 139 Å². The number of aromatic nitrogens is 6. The summed E-state index contributed by atoms with van der Waals surface area (Å²) in [6.07, 6.45) is 0. The number of ether oxygens (including phenoxy) is 1. The Morgan fingerprint density at radius 1 is 1.23 bits per heavy atom. The maximum Gasteiger partial charge on any atom is 0.328 e. The number of esters is 1. The molecule has 0 N–H and O–H groups in total. The van der Waals surface area contributed by atoms with Crippen LogP contribution >= 0.6 is 0 Å². The standard InChI is InChI=1S/C19H19N7O5/c1-10-5-6-14-13(7-10)18(28)23(4)19-21-20-15(25(14)19)9-31-16(27)8-24-12(3)17(26(29)30)11(2)22-24/h5-7H,8-9H2,1-4H3. The summed E-state index contributed by atoms with van der Waals surface area (Å²) in [4.78, 5) is 35.6. The first kappa shape index (κ1) is 20.2. The molecule has 1 aromatic carbocycles. The van der Waals surface area contributed by atoms with Crippen molar-refractivity contribution in [1.82, 2.24) is 28.9 Å². The van der Waals surface area contributed by atoms with Crippen molar-refractivity contribution < 1.29 is 14.5 Å². The van der Waals surface area contributed by atoms with E-state index in [4.69, 9.17) is 4.74 Å². The van der Waals surface area contributed by atoms with Gasteiger partial charge in [-0.2, -0.15) is 5.10 Å². The van der Waals surface area contributed by atoms with Crippen LogP contribution in [0.15, 0.2) is 23.0 Å². The van der Waals surface area contributed by atoms with Gasteiger partial charge in [0.15, 0.2) is 12.4 Å². The van der Waals surface area contributed by atoms with Crippen LogP contribution < -0.4 is 5.56 Å². The van der Waals surface area contributed by atoms with E-state index in [1.165, 1.54) is 23.1 Å². The van der Waals surface area contributed by atoms with Crippen molar-refractivity contribution >= 4 is 28.3 Å². The third-order valence-electron chi connectivity index (χ3n) is 5.11. The van der Waals surface area contributed by atoms with Crippen LogP contribution in [0.25, 0.3) is 16.7 Å². The number of carbonyl (C=O) groups is 1. The summed E-state index contributed by atoms with van der Waals surface area (Å²) < 4.78 is 9.61. The van der Waals surface area contributed by atoms with Crippen LogP contribution in [0.1, 0.15) is 22.8 Å². The fourth-order valence-electron chi connectivity index (χ4n) is 3.57. The molecule has 0 unspecified atom stereocenters. The number of nitro groups is 1. The van der Waals surface area contributed by atoms with E-state index in [2.05, 4.69) is 15.3 Å². The van der Waals surface area contributed by atoms with Crippen LogP contribution in [0.2, 0.25) is 0 Å². The molecule has 0 aliphatic rings. The minimum absolute atomic E-state index is 0.126. The summed E-state index contributed by atoms with van der Waals surface area (Å²) in [5.74, 6) is 0.0240. The zero-order chi connectivity index (χ0) is 22.4. The van der Waals surface area contributed by atoms with Crippen LogP contribution in [0, 0.1) is 30.9 Å². The largest absolute Gasteiger partial charge is 0.456 e. The van der Waals surface area contributed by atoms with Crippen molar-refractivity contribution in [3.05, 3.63) is 61.4 Å². The van der Waals surface area contributed by atoms with E-state index in [-0.39, 0.29) is 35.8 Å². The van der Waals surface area contributed by atoms with E-state index < -0.39 is 10.9 Å². The van der Waals surface area contributed by atoms with Gasteiger partial charge in [0, 0.05) is 7.05 Å². The Morgan fingerprint density at radius 3 is 2.65 bits per heavy atom. The molecule has 31 heavy (non-hydrogen) atoms. The third-order valence-corrected chi connectivity index (χ3v) is 5.11. The van der Waals surface area contributed by atoms with Gasteiger partial charge in [-0.25, -0.2) is 0 Å². The van der Waals surface area contributed by atoms with Gasteiger partial charge in [-0.15, -0.1) is 10.2 Å². The highest BCUT2D eigenvalue weighted by molar-refractivity contribution is 5.81. The SMILES string of the molecule is Cc1ccc2c(c1)c(=O)n(C)c1nnc(COC(=O)Cn3nc(C)c([N+](=O)[O-])c3C)n21. The number of nitrogens with zero attached hydrogens (tertiary/aromatic N) is 7. The highest BCUT2D eigenvalue weighted by atomic mass is 16.6. The minimum Gasteiger partial charge on any atom is -0.456 e. The number of fused-ring (bicyclic) bond motifs is 3. The smallest absolute Gasteiger partial charge is 0.328 e. The minimum atomic E-state index is -0.637. The van der Waals surface area contributed by atoms with E-state index in [1.54, 1.807) is 23.6 Å². The zero-order valence-corrected chi connectivity index (χ0v) is 17.3. The van der Waals surface area contributed by atoms with Crippen LogP contribution in [0.5, 0.6) is 0 Å². The first-order chi connectivity index (χ1) is 14.7. The zero-order valence-electron chi connectivity index (χ0n) is 17.3. The highest BCUT2D eigenvalue weighted by Crippen LogP contribution is 2.22. The average molecular weight is 425 g/mol. The molecule has 4 rings (SSSR count). The summed E-state index contributed by atoms with van der Waals surface area (Å²) in [5.41, 5.74) is 1.70. The predicted molar refractivity (Wildman–Crippen MR) is 109 cm³/mol. The second kappa shape index (κ2) is 7.31. The molecular formula is C19H19N7O5. The Bertz CT molecular complexity index is 1430. The molecule has 160 valence electrons. The molecule has 3 aromatic heterocycles. The first-order valence-electron chi connectivity index (χ1n) is 9.36. The van der Waals surface area contributed by atoms with Gasteiger partial charge < -0.3 is 4.74 Å². The predicted octanol–water partition coefficient (Wildman–Crippen LogP) is 1.35. The molecule has 0 aliphatic heterocycles. The summed E-state index contributed by atoms with van der Waals surface area (Å²) in [5, 5.41) is 23.8. The maximum absolute atomic E-state index is 12.6. The van der Waals surface area contributed by atoms with Gasteiger partial charge in [0.1, 0.15) is 17.9 Å². The molecule has 0 atom stereocenters. The van der Waals surface area contributed by atoms with Gasteiger partial charge in [0.25, 0.3) is 5.56 Å². The Morgan fingerprint density at radius 2 is 1.97 bits per heavy atom. The van der Waals surface area contributed by atoms with E-state index in [9.17, 15) is 19.7 Å². The first-order valence-corrected chi connectivity index (χ1v) is 9.36. The number of aryl methyl sites for hydroxylation is 3. The van der Waals surface area contributed by atoms with Gasteiger partial charge in [-0.1, -0.05) is 11.6 Å². The lowest BCUT2D eigenvalue weighted by molar-refractivity contribution is -0.386. The maximum atomic E-state index is 12.6. The summed E-state index contributed by atoms with van der Waals surface area (Å²) in [6, 6.07) is 5.44. The molecule has 0 radical (unpaired) electrons. The van der Waals surface area contributed by atoms with E-state index in [0.717, 1.165) is 5.56 Å². The third kappa shape index (κ3) is 3.31. The molecule has 4 aromatic rings. The van der Waals surface area contributed by atoms with E-state index in [1.807, 2.05) is 13.0 Å². The normalized spacial score (nSPS) is 11.4. The number of carbonyl (C=O) groups excluding carboxylic acids is 1. The Kier molecular flexibility index (Phi) is 4.76. The van der Waals surface area contributed by atoms with Gasteiger partial charge in [-0.05, 0) is 32.9 Å². The lowest BCUT2D eigenvalue weighted by atomic mass is 10.1. The summed E-state index contributed by atoms with van der Waals surface area (Å²) in [6.45, 7) is 4.44. The van der Waals surface area contributed by atoms with Crippen molar-refractivity contribution in [2.24, 2.45) is 7.05 Å². The highest BCUT2D eigenvalue weighted by Gasteiger charge is 2.23. The van der Waals surface area contributed by atoms with Gasteiger partial charge >= 0.3 is 11.7 Å². The van der Waals surface area contributed by atoms with Crippen molar-refractivity contribution in [1.29, 1.82) is 0 Å². The number of benzene rings is 1. The van der Waals surface area contributed by atoms with Crippen molar-refractivity contribution in [2.75, 3.05) is 0 Å². The molecule has 0 fully saturated rings. The number of hydrogen-bond acceptors (Lipinski definition) is 8. The van der Waals surface area contributed by atoms with Crippen molar-refractivity contribution in [2.45, 2.75) is 33.9 Å².